The number of rotatable bonds is 6. The lowest BCUT2D eigenvalue weighted by Gasteiger charge is -2.24. The van der Waals surface area contributed by atoms with Crippen LogP contribution >= 0.6 is 15.9 Å². The Balaban J connectivity index is 1.99. The fraction of sp³-hybridized carbons (Fsp3) is 0.278. The molecular formula is C18H21BrN2O. The molecule has 2 aromatic carbocycles. The third-order valence-corrected chi connectivity index (χ3v) is 4.31. The molecule has 0 radical (unpaired) electrons. The van der Waals surface area contributed by atoms with Crippen LogP contribution in [0.25, 0.3) is 0 Å². The van der Waals surface area contributed by atoms with E-state index in [1.165, 1.54) is 0 Å². The first kappa shape index (κ1) is 16.6. The van der Waals surface area contributed by atoms with E-state index in [-0.39, 0.29) is 11.9 Å². The highest BCUT2D eigenvalue weighted by molar-refractivity contribution is 9.10. The molecule has 0 heterocycles. The van der Waals surface area contributed by atoms with Crippen LogP contribution < -0.4 is 10.2 Å². The number of carbonyl (C=O) groups excluding carboxylic acids is 1. The van der Waals surface area contributed by atoms with Crippen LogP contribution in [-0.4, -0.2) is 19.0 Å². The number of nitrogens with zero attached hydrogens (tertiary/aromatic N) is 1. The number of benzene rings is 2. The first-order valence-corrected chi connectivity index (χ1v) is 8.25. The summed E-state index contributed by atoms with van der Waals surface area (Å²) >= 11 is 3.53. The third kappa shape index (κ3) is 4.34. The maximum absolute atomic E-state index is 12.3. The van der Waals surface area contributed by atoms with Gasteiger partial charge in [0.2, 0.25) is 5.91 Å². The van der Waals surface area contributed by atoms with Gasteiger partial charge in [-0.3, -0.25) is 4.79 Å². The van der Waals surface area contributed by atoms with Crippen LogP contribution in [0.2, 0.25) is 0 Å². The van der Waals surface area contributed by atoms with E-state index in [1.807, 2.05) is 61.5 Å². The molecule has 1 atom stereocenters. The minimum Gasteiger partial charge on any atom is -0.363 e. The zero-order valence-electron chi connectivity index (χ0n) is 12.9. The van der Waals surface area contributed by atoms with Gasteiger partial charge in [0, 0.05) is 16.7 Å². The number of likely N-dealkylation sites (N-methyl/N-ethyl adjacent to an activating group) is 1. The number of hydrogen-bond acceptors (Lipinski definition) is 2. The van der Waals surface area contributed by atoms with Crippen LogP contribution in [0, 0.1) is 0 Å². The molecule has 0 aliphatic rings. The van der Waals surface area contributed by atoms with E-state index in [2.05, 4.69) is 33.1 Å². The number of amides is 1. The zero-order chi connectivity index (χ0) is 15.9. The Bertz CT molecular complexity index is 615. The lowest BCUT2D eigenvalue weighted by molar-refractivity contribution is -0.120. The van der Waals surface area contributed by atoms with Gasteiger partial charge in [-0.05, 0) is 37.6 Å². The fourth-order valence-corrected chi connectivity index (χ4v) is 3.02. The van der Waals surface area contributed by atoms with E-state index in [0.29, 0.717) is 6.54 Å². The lowest BCUT2D eigenvalue weighted by atomic mass is 10.1. The number of hydrogen-bond donors (Lipinski definition) is 1. The van der Waals surface area contributed by atoms with Crippen molar-refractivity contribution < 1.29 is 4.79 Å². The topological polar surface area (TPSA) is 32.3 Å². The van der Waals surface area contributed by atoms with Gasteiger partial charge in [0.1, 0.15) is 0 Å². The molecule has 0 bridgehead atoms. The standard InChI is InChI=1S/C18H21BrN2O/c1-3-21(15-9-5-4-6-10-15)13-18(22)20-14(2)16-11-7-8-12-17(16)19/h4-12,14H,3,13H2,1-2H3,(H,20,22). The molecule has 0 saturated carbocycles. The Morgan fingerprint density at radius 1 is 1.14 bits per heavy atom. The van der Waals surface area contributed by atoms with Gasteiger partial charge in [0.15, 0.2) is 0 Å². The summed E-state index contributed by atoms with van der Waals surface area (Å²) in [7, 11) is 0. The molecule has 1 amide bonds. The molecule has 0 saturated heterocycles. The van der Waals surface area contributed by atoms with Crippen molar-refractivity contribution in [2.24, 2.45) is 0 Å². The van der Waals surface area contributed by atoms with Crippen molar-refractivity contribution in [1.29, 1.82) is 0 Å². The van der Waals surface area contributed by atoms with Crippen LogP contribution in [0.3, 0.4) is 0 Å². The van der Waals surface area contributed by atoms with E-state index in [0.717, 1.165) is 22.3 Å². The molecule has 22 heavy (non-hydrogen) atoms. The monoisotopic (exact) mass is 360 g/mol. The van der Waals surface area contributed by atoms with Crippen LogP contribution in [0.1, 0.15) is 25.5 Å². The second-order valence-corrected chi connectivity index (χ2v) is 6.01. The maximum Gasteiger partial charge on any atom is 0.239 e. The molecule has 116 valence electrons. The molecule has 0 spiro atoms. The molecule has 0 aromatic heterocycles. The van der Waals surface area contributed by atoms with Gasteiger partial charge in [-0.25, -0.2) is 0 Å². The molecule has 3 nitrogen and oxygen atoms in total. The molecule has 0 aliphatic heterocycles. The Kier molecular flexibility index (Phi) is 6.01. The van der Waals surface area contributed by atoms with Gasteiger partial charge >= 0.3 is 0 Å². The van der Waals surface area contributed by atoms with Crippen LogP contribution in [0.15, 0.2) is 59.1 Å². The second-order valence-electron chi connectivity index (χ2n) is 5.16. The summed E-state index contributed by atoms with van der Waals surface area (Å²) in [5.41, 5.74) is 2.15. The summed E-state index contributed by atoms with van der Waals surface area (Å²) in [5, 5.41) is 3.06. The Hall–Kier alpha value is -1.81. The van der Waals surface area contributed by atoms with Gasteiger partial charge < -0.3 is 10.2 Å². The summed E-state index contributed by atoms with van der Waals surface area (Å²) in [5.74, 6) is 0.0222. The fourth-order valence-electron chi connectivity index (χ4n) is 2.39. The van der Waals surface area contributed by atoms with E-state index in [1.54, 1.807) is 0 Å². The van der Waals surface area contributed by atoms with Crippen molar-refractivity contribution >= 4 is 27.5 Å². The Morgan fingerprint density at radius 2 is 1.77 bits per heavy atom. The van der Waals surface area contributed by atoms with Crippen LogP contribution in [-0.2, 0) is 4.79 Å². The normalized spacial score (nSPS) is 11.8. The van der Waals surface area contributed by atoms with Crippen LogP contribution in [0.4, 0.5) is 5.69 Å². The number of anilines is 1. The van der Waals surface area contributed by atoms with Crippen molar-refractivity contribution in [2.75, 3.05) is 18.0 Å². The minimum absolute atomic E-state index is 0.0222. The van der Waals surface area contributed by atoms with Crippen LogP contribution in [0.5, 0.6) is 0 Å². The highest BCUT2D eigenvalue weighted by atomic mass is 79.9. The molecule has 1 N–H and O–H groups in total. The van der Waals surface area contributed by atoms with Crippen molar-refractivity contribution in [2.45, 2.75) is 19.9 Å². The first-order valence-electron chi connectivity index (χ1n) is 7.45. The number of carbonyl (C=O) groups is 1. The molecular weight excluding hydrogens is 340 g/mol. The lowest BCUT2D eigenvalue weighted by Crippen LogP contribution is -2.38. The van der Waals surface area contributed by atoms with E-state index >= 15 is 0 Å². The van der Waals surface area contributed by atoms with Crippen molar-refractivity contribution in [3.05, 3.63) is 64.6 Å². The summed E-state index contributed by atoms with van der Waals surface area (Å²) in [6.07, 6.45) is 0. The van der Waals surface area contributed by atoms with E-state index in [4.69, 9.17) is 0 Å². The highest BCUT2D eigenvalue weighted by Gasteiger charge is 2.14. The average molecular weight is 361 g/mol. The zero-order valence-corrected chi connectivity index (χ0v) is 14.5. The molecule has 2 rings (SSSR count). The molecule has 4 heteroatoms. The summed E-state index contributed by atoms with van der Waals surface area (Å²) < 4.78 is 1.01. The summed E-state index contributed by atoms with van der Waals surface area (Å²) in [6.45, 7) is 5.20. The van der Waals surface area contributed by atoms with E-state index < -0.39 is 0 Å². The smallest absolute Gasteiger partial charge is 0.239 e. The average Bonchev–Trinajstić information content (AvgIpc) is 2.53. The quantitative estimate of drug-likeness (QED) is 0.838. The van der Waals surface area contributed by atoms with Gasteiger partial charge in [-0.15, -0.1) is 0 Å². The maximum atomic E-state index is 12.3. The largest absolute Gasteiger partial charge is 0.363 e. The second kappa shape index (κ2) is 7.99. The highest BCUT2D eigenvalue weighted by Crippen LogP contribution is 2.22. The number of nitrogens with one attached hydrogen (secondary N) is 1. The predicted octanol–water partition coefficient (Wildman–Crippen LogP) is 4.15. The summed E-state index contributed by atoms with van der Waals surface area (Å²) in [6, 6.07) is 17.9. The van der Waals surface area contributed by atoms with Gasteiger partial charge in [0.05, 0.1) is 12.6 Å². The van der Waals surface area contributed by atoms with Gasteiger partial charge in [-0.1, -0.05) is 52.3 Å². The predicted molar refractivity (Wildman–Crippen MR) is 95.0 cm³/mol. The number of halogens is 1. The third-order valence-electron chi connectivity index (χ3n) is 3.59. The summed E-state index contributed by atoms with van der Waals surface area (Å²) in [4.78, 5) is 14.4. The van der Waals surface area contributed by atoms with E-state index in [9.17, 15) is 4.79 Å². The van der Waals surface area contributed by atoms with Crippen molar-refractivity contribution in [3.63, 3.8) is 0 Å². The molecule has 0 aliphatic carbocycles. The Labute approximate surface area is 140 Å². The first-order chi connectivity index (χ1) is 10.6. The van der Waals surface area contributed by atoms with Gasteiger partial charge in [0.25, 0.3) is 0 Å². The molecule has 0 fully saturated rings. The van der Waals surface area contributed by atoms with Crippen molar-refractivity contribution in [3.8, 4) is 0 Å². The molecule has 2 aromatic rings. The van der Waals surface area contributed by atoms with Gasteiger partial charge in [-0.2, -0.15) is 0 Å². The Morgan fingerprint density at radius 3 is 2.41 bits per heavy atom. The SMILES string of the molecule is CCN(CC(=O)NC(C)c1ccccc1Br)c1ccccc1. The molecule has 1 unspecified atom stereocenters. The van der Waals surface area contributed by atoms with Crippen molar-refractivity contribution in [1.82, 2.24) is 5.32 Å². The number of para-hydroxylation sites is 1. The minimum atomic E-state index is -0.0300.